The van der Waals surface area contributed by atoms with Gasteiger partial charge in [0.2, 0.25) is 5.91 Å². The van der Waals surface area contributed by atoms with Crippen LogP contribution in [0, 0.1) is 5.92 Å². The van der Waals surface area contributed by atoms with Crippen LogP contribution in [0.1, 0.15) is 18.9 Å². The first-order chi connectivity index (χ1) is 9.76. The average Bonchev–Trinajstić information content (AvgIpc) is 2.50. The minimum absolute atomic E-state index is 0.0299. The minimum atomic E-state index is -0.200. The Hall–Kier alpha value is -1.94. The van der Waals surface area contributed by atoms with E-state index in [-0.39, 0.29) is 11.8 Å². The lowest BCUT2D eigenvalue weighted by Crippen LogP contribution is -2.36. The van der Waals surface area contributed by atoms with Crippen LogP contribution in [-0.2, 0) is 11.2 Å². The normalized spacial score (nSPS) is 12.3. The maximum Gasteiger partial charge on any atom is 0.224 e. The number of hydrogen-bond donors (Lipinski definition) is 2. The highest BCUT2D eigenvalue weighted by Gasteiger charge is 2.18. The van der Waals surface area contributed by atoms with Gasteiger partial charge in [-0.1, -0.05) is 31.2 Å². The molecule has 0 bridgehead atoms. The molecule has 2 rings (SSSR count). The van der Waals surface area contributed by atoms with Crippen LogP contribution in [0.5, 0.6) is 0 Å². The van der Waals surface area contributed by atoms with Crippen LogP contribution in [0.4, 0.5) is 0 Å². The topological polar surface area (TPSA) is 68.0 Å². The summed E-state index contributed by atoms with van der Waals surface area (Å²) in [7, 11) is 0. The molecule has 1 heterocycles. The van der Waals surface area contributed by atoms with Crippen LogP contribution >= 0.6 is 0 Å². The Morgan fingerprint density at radius 2 is 2.15 bits per heavy atom. The molecule has 4 nitrogen and oxygen atoms in total. The molecule has 106 valence electrons. The summed E-state index contributed by atoms with van der Waals surface area (Å²) in [6, 6.07) is 8.08. The highest BCUT2D eigenvalue weighted by molar-refractivity contribution is 5.86. The van der Waals surface area contributed by atoms with Crippen LogP contribution in [-0.4, -0.2) is 24.0 Å². The molecule has 2 aromatic rings. The summed E-state index contributed by atoms with van der Waals surface area (Å²) in [5.74, 6) is -0.170. The zero-order valence-electron chi connectivity index (χ0n) is 11.8. The van der Waals surface area contributed by atoms with Crippen molar-refractivity contribution >= 4 is 16.7 Å². The number of nitrogens with zero attached hydrogens (tertiary/aromatic N) is 1. The molecule has 0 spiro atoms. The largest absolute Gasteiger partial charge is 0.356 e. The molecular weight excluding hydrogens is 250 g/mol. The number of fused-ring (bicyclic) bond motifs is 1. The first kappa shape index (κ1) is 14.5. The van der Waals surface area contributed by atoms with E-state index >= 15 is 0 Å². The number of carbonyl (C=O) groups excluding carboxylic acids is 1. The predicted octanol–water partition coefficient (Wildman–Crippen LogP) is 1.88. The summed E-state index contributed by atoms with van der Waals surface area (Å²) in [6.07, 6.45) is 5.23. The number of pyridine rings is 1. The van der Waals surface area contributed by atoms with E-state index in [0.717, 1.165) is 22.8 Å². The van der Waals surface area contributed by atoms with E-state index in [2.05, 4.69) is 16.4 Å². The zero-order valence-corrected chi connectivity index (χ0v) is 11.8. The number of rotatable bonds is 6. The molecule has 4 heteroatoms. The highest BCUT2D eigenvalue weighted by Crippen LogP contribution is 2.19. The van der Waals surface area contributed by atoms with Crippen LogP contribution in [0.25, 0.3) is 10.8 Å². The van der Waals surface area contributed by atoms with E-state index in [0.29, 0.717) is 19.5 Å². The molecule has 1 unspecified atom stereocenters. The van der Waals surface area contributed by atoms with Gasteiger partial charge in [0.1, 0.15) is 0 Å². The van der Waals surface area contributed by atoms with Crippen molar-refractivity contribution in [3.05, 3.63) is 42.2 Å². The van der Waals surface area contributed by atoms with Gasteiger partial charge < -0.3 is 11.1 Å². The molecule has 0 aliphatic rings. The van der Waals surface area contributed by atoms with Gasteiger partial charge in [-0.2, -0.15) is 0 Å². The predicted molar refractivity (Wildman–Crippen MR) is 81.3 cm³/mol. The standard InChI is InChI=1S/C16H21N3O/c1-2-7-19-16(20)13(9-17)8-14-11-18-10-12-5-3-4-6-15(12)14/h3-6,10-11,13H,2,7-9,17H2,1H3,(H,19,20). The SMILES string of the molecule is CCCNC(=O)C(CN)Cc1cncc2ccccc12. The van der Waals surface area contributed by atoms with Gasteiger partial charge in [0, 0.05) is 30.9 Å². The van der Waals surface area contributed by atoms with E-state index in [9.17, 15) is 4.79 Å². The van der Waals surface area contributed by atoms with Crippen molar-refractivity contribution in [2.75, 3.05) is 13.1 Å². The number of nitrogens with two attached hydrogens (primary N) is 1. The van der Waals surface area contributed by atoms with Crippen LogP contribution in [0.15, 0.2) is 36.7 Å². The molecule has 3 N–H and O–H groups in total. The first-order valence-corrected chi connectivity index (χ1v) is 7.05. The van der Waals surface area contributed by atoms with E-state index in [4.69, 9.17) is 5.73 Å². The minimum Gasteiger partial charge on any atom is -0.356 e. The molecule has 20 heavy (non-hydrogen) atoms. The Balaban J connectivity index is 2.19. The summed E-state index contributed by atoms with van der Waals surface area (Å²) >= 11 is 0. The lowest BCUT2D eigenvalue weighted by molar-refractivity contribution is -0.124. The second-order valence-corrected chi connectivity index (χ2v) is 4.95. The van der Waals surface area contributed by atoms with Crippen molar-refractivity contribution in [2.45, 2.75) is 19.8 Å². The van der Waals surface area contributed by atoms with Crippen molar-refractivity contribution in [3.8, 4) is 0 Å². The molecule has 0 aliphatic carbocycles. The Kier molecular flexibility index (Phi) is 5.07. The monoisotopic (exact) mass is 271 g/mol. The fourth-order valence-corrected chi connectivity index (χ4v) is 2.28. The van der Waals surface area contributed by atoms with Crippen molar-refractivity contribution in [1.29, 1.82) is 0 Å². The molecule has 0 saturated heterocycles. The van der Waals surface area contributed by atoms with Gasteiger partial charge in [-0.3, -0.25) is 9.78 Å². The van der Waals surface area contributed by atoms with Gasteiger partial charge in [-0.25, -0.2) is 0 Å². The smallest absolute Gasteiger partial charge is 0.224 e. The van der Waals surface area contributed by atoms with Crippen molar-refractivity contribution in [3.63, 3.8) is 0 Å². The molecule has 1 aromatic heterocycles. The Morgan fingerprint density at radius 3 is 2.90 bits per heavy atom. The molecule has 0 aliphatic heterocycles. The summed E-state index contributed by atoms with van der Waals surface area (Å²) in [4.78, 5) is 16.3. The Morgan fingerprint density at radius 1 is 1.35 bits per heavy atom. The summed E-state index contributed by atoms with van der Waals surface area (Å²) in [5.41, 5.74) is 6.83. The number of benzene rings is 1. The van der Waals surface area contributed by atoms with Crippen LogP contribution in [0.3, 0.4) is 0 Å². The zero-order chi connectivity index (χ0) is 14.4. The second kappa shape index (κ2) is 7.01. The van der Waals surface area contributed by atoms with E-state index in [1.807, 2.05) is 37.5 Å². The maximum absolute atomic E-state index is 12.1. The fourth-order valence-electron chi connectivity index (χ4n) is 2.28. The van der Waals surface area contributed by atoms with Gasteiger partial charge in [0.05, 0.1) is 5.92 Å². The Labute approximate surface area is 119 Å². The number of carbonyl (C=O) groups is 1. The van der Waals surface area contributed by atoms with Gasteiger partial charge in [0.25, 0.3) is 0 Å². The number of amides is 1. The molecule has 0 radical (unpaired) electrons. The van der Waals surface area contributed by atoms with Crippen molar-refractivity contribution < 1.29 is 4.79 Å². The molecule has 0 saturated carbocycles. The average molecular weight is 271 g/mol. The fraction of sp³-hybridized carbons (Fsp3) is 0.375. The third-order valence-electron chi connectivity index (χ3n) is 3.42. The van der Waals surface area contributed by atoms with E-state index in [1.54, 1.807) is 0 Å². The molecule has 1 atom stereocenters. The highest BCUT2D eigenvalue weighted by atomic mass is 16.1. The Bertz CT molecular complexity index is 577. The van der Waals surface area contributed by atoms with Gasteiger partial charge >= 0.3 is 0 Å². The third-order valence-corrected chi connectivity index (χ3v) is 3.42. The lowest BCUT2D eigenvalue weighted by Gasteiger charge is -2.15. The quantitative estimate of drug-likeness (QED) is 0.843. The molecule has 1 amide bonds. The molecular formula is C16H21N3O. The van der Waals surface area contributed by atoms with Crippen molar-refractivity contribution in [1.82, 2.24) is 10.3 Å². The first-order valence-electron chi connectivity index (χ1n) is 7.05. The second-order valence-electron chi connectivity index (χ2n) is 4.95. The third kappa shape index (κ3) is 3.33. The van der Waals surface area contributed by atoms with Crippen LogP contribution in [0.2, 0.25) is 0 Å². The molecule has 0 fully saturated rings. The number of aromatic nitrogens is 1. The number of hydrogen-bond acceptors (Lipinski definition) is 3. The maximum atomic E-state index is 12.1. The van der Waals surface area contributed by atoms with E-state index < -0.39 is 0 Å². The molecule has 1 aromatic carbocycles. The van der Waals surface area contributed by atoms with Gasteiger partial charge in [0.15, 0.2) is 0 Å². The van der Waals surface area contributed by atoms with Gasteiger partial charge in [-0.15, -0.1) is 0 Å². The summed E-state index contributed by atoms with van der Waals surface area (Å²) < 4.78 is 0. The van der Waals surface area contributed by atoms with Gasteiger partial charge in [-0.05, 0) is 23.8 Å². The number of nitrogens with one attached hydrogen (secondary N) is 1. The van der Waals surface area contributed by atoms with Crippen molar-refractivity contribution in [2.24, 2.45) is 11.7 Å². The van der Waals surface area contributed by atoms with E-state index in [1.165, 1.54) is 0 Å². The lowest BCUT2D eigenvalue weighted by atomic mass is 9.96. The summed E-state index contributed by atoms with van der Waals surface area (Å²) in [5, 5.41) is 5.15. The van der Waals surface area contributed by atoms with Crippen LogP contribution < -0.4 is 11.1 Å². The summed E-state index contributed by atoms with van der Waals surface area (Å²) in [6.45, 7) is 3.08.